The third-order valence-electron chi connectivity index (χ3n) is 3.88. The standard InChI is InChI=1S/C14H29N3O2/c1-10(2)15-12(14(18)19)6-7-17-8-11(3)13(9-17)16(4)5/h10-13,15H,6-9H2,1-5H3,(H,18,19). The van der Waals surface area contributed by atoms with Crippen LogP contribution in [0.2, 0.25) is 0 Å². The zero-order chi connectivity index (χ0) is 14.6. The molecule has 2 N–H and O–H groups in total. The number of nitrogens with one attached hydrogen (secondary N) is 1. The SMILES string of the molecule is CC(C)NC(CCN1CC(C)C(N(C)C)C1)C(=O)O. The molecule has 0 aromatic carbocycles. The van der Waals surface area contributed by atoms with Gasteiger partial charge in [-0.2, -0.15) is 0 Å². The van der Waals surface area contributed by atoms with Gasteiger partial charge in [0.25, 0.3) is 0 Å². The van der Waals surface area contributed by atoms with E-state index >= 15 is 0 Å². The van der Waals surface area contributed by atoms with Crippen LogP contribution in [0.1, 0.15) is 27.2 Å². The Labute approximate surface area is 117 Å². The summed E-state index contributed by atoms with van der Waals surface area (Å²) in [4.78, 5) is 15.8. The lowest BCUT2D eigenvalue weighted by Crippen LogP contribution is -2.43. The van der Waals surface area contributed by atoms with Crippen molar-refractivity contribution < 1.29 is 9.90 Å². The highest BCUT2D eigenvalue weighted by Gasteiger charge is 2.31. The number of rotatable bonds is 7. The lowest BCUT2D eigenvalue weighted by atomic mass is 10.1. The van der Waals surface area contributed by atoms with Crippen LogP contribution in [0.4, 0.5) is 0 Å². The molecule has 1 saturated heterocycles. The number of carbonyl (C=O) groups is 1. The van der Waals surface area contributed by atoms with Gasteiger partial charge in [0.1, 0.15) is 6.04 Å². The van der Waals surface area contributed by atoms with Crippen molar-refractivity contribution in [3.8, 4) is 0 Å². The summed E-state index contributed by atoms with van der Waals surface area (Å²) in [6.07, 6.45) is 0.667. The Hall–Kier alpha value is -0.650. The number of carboxylic acids is 1. The van der Waals surface area contributed by atoms with E-state index in [0.717, 1.165) is 19.6 Å². The van der Waals surface area contributed by atoms with Crippen molar-refractivity contribution in [3.63, 3.8) is 0 Å². The summed E-state index contributed by atoms with van der Waals surface area (Å²) in [6.45, 7) is 9.20. The van der Waals surface area contributed by atoms with Crippen LogP contribution >= 0.6 is 0 Å². The molecule has 1 rings (SSSR count). The van der Waals surface area contributed by atoms with Crippen molar-refractivity contribution in [1.29, 1.82) is 0 Å². The molecule has 0 aliphatic carbocycles. The molecule has 0 amide bonds. The van der Waals surface area contributed by atoms with Gasteiger partial charge >= 0.3 is 5.97 Å². The van der Waals surface area contributed by atoms with E-state index in [9.17, 15) is 9.90 Å². The summed E-state index contributed by atoms with van der Waals surface area (Å²) in [5.74, 6) is -0.0959. The molecule has 1 fully saturated rings. The summed E-state index contributed by atoms with van der Waals surface area (Å²) in [5.41, 5.74) is 0. The predicted molar refractivity (Wildman–Crippen MR) is 77.4 cm³/mol. The van der Waals surface area contributed by atoms with Crippen molar-refractivity contribution in [3.05, 3.63) is 0 Å². The van der Waals surface area contributed by atoms with Crippen molar-refractivity contribution in [2.45, 2.75) is 45.3 Å². The smallest absolute Gasteiger partial charge is 0.320 e. The fourth-order valence-corrected chi connectivity index (χ4v) is 2.89. The molecule has 0 bridgehead atoms. The van der Waals surface area contributed by atoms with Gasteiger partial charge in [0.2, 0.25) is 0 Å². The van der Waals surface area contributed by atoms with Gasteiger partial charge in [0.15, 0.2) is 0 Å². The van der Waals surface area contributed by atoms with Crippen LogP contribution < -0.4 is 5.32 Å². The number of aliphatic carboxylic acids is 1. The number of likely N-dealkylation sites (N-methyl/N-ethyl adjacent to an activating group) is 1. The molecule has 3 unspecified atom stereocenters. The molecule has 1 heterocycles. The van der Waals surface area contributed by atoms with Crippen LogP contribution in [0, 0.1) is 5.92 Å². The summed E-state index contributed by atoms with van der Waals surface area (Å²) in [5, 5.41) is 12.3. The van der Waals surface area contributed by atoms with Crippen LogP contribution in [-0.2, 0) is 4.79 Å². The molecule has 0 saturated carbocycles. The predicted octanol–water partition coefficient (Wildman–Crippen LogP) is 0.710. The third-order valence-corrected chi connectivity index (χ3v) is 3.88. The largest absolute Gasteiger partial charge is 0.480 e. The molecule has 112 valence electrons. The molecule has 5 nitrogen and oxygen atoms in total. The van der Waals surface area contributed by atoms with E-state index in [2.05, 4.69) is 36.1 Å². The summed E-state index contributed by atoms with van der Waals surface area (Å²) in [6, 6.07) is 0.350. The maximum absolute atomic E-state index is 11.2. The Morgan fingerprint density at radius 1 is 1.42 bits per heavy atom. The molecular formula is C14H29N3O2. The second-order valence-corrected chi connectivity index (χ2v) is 6.27. The van der Waals surface area contributed by atoms with Crippen molar-refractivity contribution in [2.75, 3.05) is 33.7 Å². The first-order valence-corrected chi connectivity index (χ1v) is 7.19. The Balaban J connectivity index is 2.41. The van der Waals surface area contributed by atoms with Crippen LogP contribution in [0.5, 0.6) is 0 Å². The molecule has 1 aliphatic rings. The molecule has 3 atom stereocenters. The number of hydrogen-bond acceptors (Lipinski definition) is 4. The highest BCUT2D eigenvalue weighted by atomic mass is 16.4. The molecule has 0 spiro atoms. The van der Waals surface area contributed by atoms with Crippen molar-refractivity contribution in [2.24, 2.45) is 5.92 Å². The Morgan fingerprint density at radius 2 is 2.05 bits per heavy atom. The second-order valence-electron chi connectivity index (χ2n) is 6.27. The lowest BCUT2D eigenvalue weighted by Gasteiger charge is -2.23. The maximum Gasteiger partial charge on any atom is 0.320 e. The number of carboxylic acid groups (broad SMARTS) is 1. The van der Waals surface area contributed by atoms with Crippen LogP contribution in [0.25, 0.3) is 0 Å². The minimum absolute atomic E-state index is 0.202. The minimum Gasteiger partial charge on any atom is -0.480 e. The molecular weight excluding hydrogens is 242 g/mol. The van der Waals surface area contributed by atoms with Gasteiger partial charge < -0.3 is 20.2 Å². The van der Waals surface area contributed by atoms with Crippen molar-refractivity contribution >= 4 is 5.97 Å². The van der Waals surface area contributed by atoms with Gasteiger partial charge in [0.05, 0.1) is 0 Å². The highest BCUT2D eigenvalue weighted by molar-refractivity contribution is 5.73. The van der Waals surface area contributed by atoms with Gasteiger partial charge in [-0.1, -0.05) is 20.8 Å². The maximum atomic E-state index is 11.2. The average molecular weight is 271 g/mol. The first-order valence-electron chi connectivity index (χ1n) is 7.19. The quantitative estimate of drug-likeness (QED) is 0.714. The van der Waals surface area contributed by atoms with Gasteiger partial charge in [-0.15, -0.1) is 0 Å². The van der Waals surface area contributed by atoms with E-state index in [1.807, 2.05) is 13.8 Å². The normalized spacial score (nSPS) is 26.3. The minimum atomic E-state index is -0.745. The molecule has 1 aliphatic heterocycles. The zero-order valence-corrected chi connectivity index (χ0v) is 12.9. The van der Waals surface area contributed by atoms with E-state index in [-0.39, 0.29) is 6.04 Å². The van der Waals surface area contributed by atoms with E-state index in [0.29, 0.717) is 18.4 Å². The van der Waals surface area contributed by atoms with Crippen LogP contribution in [0.15, 0.2) is 0 Å². The summed E-state index contributed by atoms with van der Waals surface area (Å²) >= 11 is 0. The first-order chi connectivity index (χ1) is 8.81. The van der Waals surface area contributed by atoms with Gasteiger partial charge in [0, 0.05) is 31.7 Å². The van der Waals surface area contributed by atoms with Crippen LogP contribution in [-0.4, -0.2) is 72.7 Å². The molecule has 0 aromatic rings. The van der Waals surface area contributed by atoms with E-state index in [4.69, 9.17) is 0 Å². The Kier molecular flexibility index (Phi) is 6.23. The van der Waals surface area contributed by atoms with E-state index in [1.165, 1.54) is 0 Å². The molecule has 19 heavy (non-hydrogen) atoms. The zero-order valence-electron chi connectivity index (χ0n) is 12.9. The van der Waals surface area contributed by atoms with E-state index < -0.39 is 12.0 Å². The van der Waals surface area contributed by atoms with Gasteiger partial charge in [-0.25, -0.2) is 0 Å². The fourth-order valence-electron chi connectivity index (χ4n) is 2.89. The highest BCUT2D eigenvalue weighted by Crippen LogP contribution is 2.20. The first kappa shape index (κ1) is 16.4. The monoisotopic (exact) mass is 271 g/mol. The lowest BCUT2D eigenvalue weighted by molar-refractivity contribution is -0.139. The average Bonchev–Trinajstić information content (AvgIpc) is 2.65. The summed E-state index contributed by atoms with van der Waals surface area (Å²) < 4.78 is 0. The number of hydrogen-bond donors (Lipinski definition) is 2. The van der Waals surface area contributed by atoms with E-state index in [1.54, 1.807) is 0 Å². The third kappa shape index (κ3) is 5.09. The fraction of sp³-hybridized carbons (Fsp3) is 0.929. The number of likely N-dealkylation sites (tertiary alicyclic amines) is 1. The number of nitrogens with zero attached hydrogens (tertiary/aromatic N) is 2. The van der Waals surface area contributed by atoms with Gasteiger partial charge in [-0.05, 0) is 26.4 Å². The Morgan fingerprint density at radius 3 is 2.47 bits per heavy atom. The second kappa shape index (κ2) is 7.22. The molecule has 0 aromatic heterocycles. The van der Waals surface area contributed by atoms with Gasteiger partial charge in [-0.3, -0.25) is 4.79 Å². The molecule has 5 heteroatoms. The topological polar surface area (TPSA) is 55.8 Å². The molecule has 0 radical (unpaired) electrons. The summed E-state index contributed by atoms with van der Waals surface area (Å²) in [7, 11) is 4.23. The Bertz CT molecular complexity index is 294. The van der Waals surface area contributed by atoms with Crippen LogP contribution in [0.3, 0.4) is 0 Å². The van der Waals surface area contributed by atoms with Crippen molar-refractivity contribution in [1.82, 2.24) is 15.1 Å².